The minimum absolute atomic E-state index is 0.261. The van der Waals surface area contributed by atoms with Crippen molar-refractivity contribution in [3.63, 3.8) is 0 Å². The summed E-state index contributed by atoms with van der Waals surface area (Å²) in [5, 5.41) is 28.0. The first-order valence-electron chi connectivity index (χ1n) is 9.06. The molecule has 0 saturated heterocycles. The lowest BCUT2D eigenvalue weighted by molar-refractivity contribution is 0.886. The molecule has 0 bridgehead atoms. The van der Waals surface area contributed by atoms with E-state index in [1.165, 1.54) is 0 Å². The van der Waals surface area contributed by atoms with Crippen LogP contribution in [0.25, 0.3) is 0 Å². The number of benzene rings is 3. The first-order valence-corrected chi connectivity index (χ1v) is 9.06. The Bertz CT molecular complexity index is 815. The number of hydrogen-bond acceptors (Lipinski definition) is 2. The van der Waals surface area contributed by atoms with E-state index < -0.39 is 0 Å². The van der Waals surface area contributed by atoms with Crippen molar-refractivity contribution in [3.8, 4) is 0 Å². The molecule has 0 aliphatic heterocycles. The van der Waals surface area contributed by atoms with Gasteiger partial charge in [0.05, 0.1) is 0 Å². The van der Waals surface area contributed by atoms with Crippen molar-refractivity contribution in [2.45, 2.75) is 13.1 Å². The largest absolute Gasteiger partial charge is 0.352 e. The van der Waals surface area contributed by atoms with E-state index in [4.69, 9.17) is 10.8 Å². The zero-order valence-electron chi connectivity index (χ0n) is 15.5. The summed E-state index contributed by atoms with van der Waals surface area (Å²) in [4.78, 5) is 0. The first-order chi connectivity index (χ1) is 13.7. The molecule has 0 unspecified atom stereocenters. The Morgan fingerprint density at radius 2 is 0.893 bits per heavy atom. The number of nitrogens with one attached hydrogen (secondary N) is 6. The van der Waals surface area contributed by atoms with Gasteiger partial charge in [0.15, 0.2) is 11.9 Å². The van der Waals surface area contributed by atoms with Crippen molar-refractivity contribution < 1.29 is 0 Å². The van der Waals surface area contributed by atoms with E-state index in [2.05, 4.69) is 21.3 Å². The quantitative estimate of drug-likeness (QED) is 0.292. The van der Waals surface area contributed by atoms with Crippen LogP contribution in [0.2, 0.25) is 0 Å². The van der Waals surface area contributed by atoms with E-state index in [-0.39, 0.29) is 11.9 Å². The van der Waals surface area contributed by atoms with E-state index in [1.54, 1.807) is 0 Å². The van der Waals surface area contributed by atoms with Crippen molar-refractivity contribution in [3.05, 3.63) is 96.1 Å². The van der Waals surface area contributed by atoms with Gasteiger partial charge in [0.25, 0.3) is 0 Å². The molecule has 3 aromatic carbocycles. The van der Waals surface area contributed by atoms with Gasteiger partial charge < -0.3 is 21.3 Å². The molecule has 6 heteroatoms. The van der Waals surface area contributed by atoms with Gasteiger partial charge in [0.1, 0.15) is 0 Å². The fourth-order valence-electron chi connectivity index (χ4n) is 2.58. The second kappa shape index (κ2) is 9.78. The van der Waals surface area contributed by atoms with Crippen LogP contribution in [-0.4, -0.2) is 11.9 Å². The second-order valence-corrected chi connectivity index (χ2v) is 6.26. The normalized spacial score (nSPS) is 10.0. The van der Waals surface area contributed by atoms with Gasteiger partial charge in [-0.25, -0.2) is 0 Å². The Morgan fingerprint density at radius 3 is 1.25 bits per heavy atom. The van der Waals surface area contributed by atoms with E-state index >= 15 is 0 Å². The molecule has 0 spiro atoms. The highest BCUT2D eigenvalue weighted by molar-refractivity contribution is 5.91. The zero-order valence-corrected chi connectivity index (χ0v) is 15.5. The smallest absolute Gasteiger partial charge is 0.193 e. The monoisotopic (exact) mass is 372 g/mol. The molecule has 0 heterocycles. The van der Waals surface area contributed by atoms with E-state index in [1.807, 2.05) is 84.9 Å². The topological polar surface area (TPSA) is 95.8 Å². The van der Waals surface area contributed by atoms with Crippen molar-refractivity contribution in [1.82, 2.24) is 10.6 Å². The standard InChI is InChI=1S/C22H24N6/c23-21(27-19-7-3-1-4-8-19)25-15-17-11-13-18(14-12-17)16-26-22(24)28-20-9-5-2-6-10-20/h1-14H,15-16H2,(H3,23,25,27)(H3,24,26,28). The maximum atomic E-state index is 7.96. The molecule has 3 rings (SSSR count). The zero-order chi connectivity index (χ0) is 19.6. The fourth-order valence-corrected chi connectivity index (χ4v) is 2.58. The minimum atomic E-state index is 0.261. The Kier molecular flexibility index (Phi) is 6.62. The Morgan fingerprint density at radius 1 is 0.536 bits per heavy atom. The molecule has 0 aromatic heterocycles. The highest BCUT2D eigenvalue weighted by Crippen LogP contribution is 2.07. The highest BCUT2D eigenvalue weighted by atomic mass is 15.1. The van der Waals surface area contributed by atoms with Crippen LogP contribution in [0.15, 0.2) is 84.9 Å². The number of hydrogen-bond donors (Lipinski definition) is 6. The van der Waals surface area contributed by atoms with Crippen LogP contribution in [0, 0.1) is 10.8 Å². The van der Waals surface area contributed by atoms with Crippen LogP contribution in [-0.2, 0) is 13.1 Å². The van der Waals surface area contributed by atoms with Gasteiger partial charge in [0, 0.05) is 24.5 Å². The summed E-state index contributed by atoms with van der Waals surface area (Å²) in [7, 11) is 0. The van der Waals surface area contributed by atoms with Crippen LogP contribution in [0.3, 0.4) is 0 Å². The molecule has 0 saturated carbocycles. The maximum absolute atomic E-state index is 7.96. The van der Waals surface area contributed by atoms with Crippen LogP contribution < -0.4 is 21.3 Å². The molecule has 0 aliphatic rings. The minimum Gasteiger partial charge on any atom is -0.352 e. The van der Waals surface area contributed by atoms with Crippen LogP contribution in [0.5, 0.6) is 0 Å². The van der Waals surface area contributed by atoms with Gasteiger partial charge in [-0.3, -0.25) is 10.8 Å². The van der Waals surface area contributed by atoms with Crippen LogP contribution in [0.4, 0.5) is 11.4 Å². The summed E-state index contributed by atoms with van der Waals surface area (Å²) in [5.41, 5.74) is 3.93. The van der Waals surface area contributed by atoms with Crippen molar-refractivity contribution in [1.29, 1.82) is 10.8 Å². The van der Waals surface area contributed by atoms with Crippen LogP contribution >= 0.6 is 0 Å². The molecule has 6 nitrogen and oxygen atoms in total. The molecule has 3 aromatic rings. The van der Waals surface area contributed by atoms with E-state index in [0.29, 0.717) is 13.1 Å². The number of anilines is 2. The summed E-state index contributed by atoms with van der Waals surface area (Å²) >= 11 is 0. The van der Waals surface area contributed by atoms with Crippen molar-refractivity contribution in [2.24, 2.45) is 0 Å². The summed E-state index contributed by atoms with van der Waals surface area (Å²) in [6.45, 7) is 1.13. The van der Waals surface area contributed by atoms with Gasteiger partial charge in [-0.1, -0.05) is 60.7 Å². The molecule has 0 amide bonds. The number of guanidine groups is 2. The second-order valence-electron chi connectivity index (χ2n) is 6.26. The average Bonchev–Trinajstić information content (AvgIpc) is 2.73. The molecular weight excluding hydrogens is 348 g/mol. The summed E-state index contributed by atoms with van der Waals surface area (Å²) < 4.78 is 0. The van der Waals surface area contributed by atoms with Crippen LogP contribution in [0.1, 0.15) is 11.1 Å². The van der Waals surface area contributed by atoms with Gasteiger partial charge in [-0.2, -0.15) is 0 Å². The third kappa shape index (κ3) is 6.17. The van der Waals surface area contributed by atoms with Gasteiger partial charge >= 0.3 is 0 Å². The van der Waals surface area contributed by atoms with E-state index in [0.717, 1.165) is 22.5 Å². The highest BCUT2D eigenvalue weighted by Gasteiger charge is 2.00. The molecule has 0 aliphatic carbocycles. The summed E-state index contributed by atoms with van der Waals surface area (Å²) in [5.74, 6) is 0.523. The predicted molar refractivity (Wildman–Crippen MR) is 116 cm³/mol. The fraction of sp³-hybridized carbons (Fsp3) is 0.0909. The predicted octanol–water partition coefficient (Wildman–Crippen LogP) is 3.96. The van der Waals surface area contributed by atoms with E-state index in [9.17, 15) is 0 Å². The van der Waals surface area contributed by atoms with Crippen molar-refractivity contribution in [2.75, 3.05) is 10.6 Å². The molecule has 0 fully saturated rings. The maximum Gasteiger partial charge on any atom is 0.193 e. The van der Waals surface area contributed by atoms with Gasteiger partial charge in [-0.15, -0.1) is 0 Å². The third-order valence-corrected chi connectivity index (χ3v) is 4.05. The SMILES string of the molecule is N=C(NCc1ccc(CNC(=N)Nc2ccccc2)cc1)Nc1ccccc1. The summed E-state index contributed by atoms with van der Waals surface area (Å²) in [6.07, 6.45) is 0. The Balaban J connectivity index is 1.40. The lowest BCUT2D eigenvalue weighted by Gasteiger charge is -2.12. The first kappa shape index (κ1) is 19.0. The number of para-hydroxylation sites is 2. The lowest BCUT2D eigenvalue weighted by atomic mass is 10.1. The molecule has 6 N–H and O–H groups in total. The van der Waals surface area contributed by atoms with Gasteiger partial charge in [0.2, 0.25) is 0 Å². The Hall–Kier alpha value is -3.80. The van der Waals surface area contributed by atoms with Gasteiger partial charge in [-0.05, 0) is 35.4 Å². The molecular formula is C22H24N6. The van der Waals surface area contributed by atoms with Crippen molar-refractivity contribution >= 4 is 23.3 Å². The lowest BCUT2D eigenvalue weighted by Crippen LogP contribution is -2.29. The number of rotatable bonds is 6. The summed E-state index contributed by atoms with van der Waals surface area (Å²) in [6, 6.07) is 27.4. The molecule has 0 atom stereocenters. The molecule has 142 valence electrons. The molecule has 0 radical (unpaired) electrons. The Labute approximate surface area is 165 Å². The average molecular weight is 372 g/mol. The molecule has 28 heavy (non-hydrogen) atoms. The third-order valence-electron chi connectivity index (χ3n) is 4.05.